The summed E-state index contributed by atoms with van der Waals surface area (Å²) in [6.45, 7) is 6.90. The average Bonchev–Trinajstić information content (AvgIpc) is 3.20. The topological polar surface area (TPSA) is 37.3 Å². The van der Waals surface area contributed by atoms with Crippen LogP contribution in [0.3, 0.4) is 0 Å². The minimum absolute atomic E-state index is 0.347. The van der Waals surface area contributed by atoms with Gasteiger partial charge in [-0.05, 0) is 6.42 Å². The van der Waals surface area contributed by atoms with Gasteiger partial charge in [0, 0.05) is 6.42 Å². The number of aliphatic carboxylic acids is 1. The van der Waals surface area contributed by atoms with E-state index in [0.29, 0.717) is 6.42 Å². The third kappa shape index (κ3) is 60.2. The van der Waals surface area contributed by atoms with E-state index in [-0.39, 0.29) is 0 Å². The van der Waals surface area contributed by atoms with Crippen molar-refractivity contribution in [2.24, 2.45) is 0 Å². The SMILES string of the molecule is CCCCCCCCCCCCCCCCCCCCC.CCCCCCCCCCCCCCCCCCCCCCCCCCCCCCCCC(=O)O. The van der Waals surface area contributed by atoms with E-state index in [9.17, 15) is 4.79 Å². The Morgan fingerprint density at radius 1 is 0.214 bits per heavy atom. The molecule has 0 rings (SSSR count). The average molecular weight is 791 g/mol. The number of carbonyl (C=O) groups is 1. The maximum absolute atomic E-state index is 10.5. The van der Waals surface area contributed by atoms with Crippen molar-refractivity contribution in [3.8, 4) is 0 Å². The molecule has 0 saturated carbocycles. The quantitative estimate of drug-likeness (QED) is 0.0623. The Morgan fingerprint density at radius 3 is 0.429 bits per heavy atom. The predicted octanol–water partition coefficient (Wildman–Crippen LogP) is 20.6. The molecule has 0 amide bonds. The van der Waals surface area contributed by atoms with Crippen molar-refractivity contribution in [2.45, 2.75) is 342 Å². The van der Waals surface area contributed by atoms with Gasteiger partial charge in [0.05, 0.1) is 0 Å². The van der Waals surface area contributed by atoms with E-state index in [1.807, 2.05) is 0 Å². The molecule has 0 aliphatic heterocycles. The van der Waals surface area contributed by atoms with Gasteiger partial charge in [-0.25, -0.2) is 0 Å². The van der Waals surface area contributed by atoms with Crippen molar-refractivity contribution in [3.63, 3.8) is 0 Å². The van der Waals surface area contributed by atoms with E-state index >= 15 is 0 Å². The Hall–Kier alpha value is -0.530. The summed E-state index contributed by atoms with van der Waals surface area (Å²) >= 11 is 0. The highest BCUT2D eigenvalue weighted by atomic mass is 16.4. The maximum atomic E-state index is 10.5. The molecule has 0 aliphatic carbocycles. The molecule has 56 heavy (non-hydrogen) atoms. The number of carboxylic acid groups (broad SMARTS) is 1. The summed E-state index contributed by atoms with van der Waals surface area (Å²) in [7, 11) is 0. The summed E-state index contributed by atoms with van der Waals surface area (Å²) in [5, 5.41) is 8.62. The molecule has 0 heterocycles. The van der Waals surface area contributed by atoms with Crippen LogP contribution in [0, 0.1) is 0 Å². The minimum atomic E-state index is -0.648. The fraction of sp³-hybridized carbons (Fsp3) is 0.981. The highest BCUT2D eigenvalue weighted by molar-refractivity contribution is 5.66. The fourth-order valence-electron chi connectivity index (χ4n) is 8.45. The molecule has 0 spiro atoms. The van der Waals surface area contributed by atoms with Gasteiger partial charge in [0.2, 0.25) is 0 Å². The van der Waals surface area contributed by atoms with E-state index in [1.54, 1.807) is 0 Å². The fourth-order valence-corrected chi connectivity index (χ4v) is 8.45. The second-order valence-electron chi connectivity index (χ2n) is 18.4. The molecule has 0 aliphatic rings. The number of hydrogen-bond donors (Lipinski definition) is 1. The monoisotopic (exact) mass is 791 g/mol. The van der Waals surface area contributed by atoms with Crippen molar-refractivity contribution in [3.05, 3.63) is 0 Å². The molecule has 0 unspecified atom stereocenters. The van der Waals surface area contributed by atoms with E-state index in [0.717, 1.165) is 12.8 Å². The molecule has 2 heteroatoms. The van der Waals surface area contributed by atoms with Gasteiger partial charge in [0.1, 0.15) is 0 Å². The zero-order valence-electron chi connectivity index (χ0n) is 39.7. The lowest BCUT2D eigenvalue weighted by molar-refractivity contribution is -0.137. The van der Waals surface area contributed by atoms with Crippen LogP contribution < -0.4 is 0 Å². The summed E-state index contributed by atoms with van der Waals surface area (Å²) < 4.78 is 0. The van der Waals surface area contributed by atoms with Crippen LogP contribution in [0.15, 0.2) is 0 Å². The van der Waals surface area contributed by atoms with Crippen molar-refractivity contribution in [2.75, 3.05) is 0 Å². The van der Waals surface area contributed by atoms with Crippen LogP contribution in [0.25, 0.3) is 0 Å². The van der Waals surface area contributed by atoms with E-state index in [1.165, 1.54) is 302 Å². The van der Waals surface area contributed by atoms with Gasteiger partial charge in [-0.3, -0.25) is 4.79 Å². The first kappa shape index (κ1) is 57.6. The Balaban J connectivity index is 0. The second kappa shape index (κ2) is 56.6. The van der Waals surface area contributed by atoms with Crippen LogP contribution in [0.5, 0.6) is 0 Å². The normalized spacial score (nSPS) is 11.3. The highest BCUT2D eigenvalue weighted by Crippen LogP contribution is 2.18. The first-order valence-corrected chi connectivity index (χ1v) is 26.9. The summed E-state index contributed by atoms with van der Waals surface area (Å²) in [6.07, 6.45) is 70.3. The van der Waals surface area contributed by atoms with Crippen LogP contribution in [-0.2, 0) is 4.79 Å². The van der Waals surface area contributed by atoms with Crippen molar-refractivity contribution < 1.29 is 9.90 Å². The Bertz CT molecular complexity index is 641. The maximum Gasteiger partial charge on any atom is 0.303 e. The minimum Gasteiger partial charge on any atom is -0.481 e. The third-order valence-electron chi connectivity index (χ3n) is 12.5. The van der Waals surface area contributed by atoms with Gasteiger partial charge >= 0.3 is 5.97 Å². The molecule has 0 atom stereocenters. The molecule has 0 aromatic carbocycles. The number of rotatable bonds is 49. The molecular weight excluding hydrogens is 681 g/mol. The lowest BCUT2D eigenvalue weighted by Gasteiger charge is -2.04. The van der Waals surface area contributed by atoms with Crippen molar-refractivity contribution in [1.82, 2.24) is 0 Å². The molecule has 0 aromatic rings. The zero-order chi connectivity index (χ0) is 40.9. The molecule has 0 radical (unpaired) electrons. The lowest BCUT2D eigenvalue weighted by Crippen LogP contribution is -1.93. The second-order valence-corrected chi connectivity index (χ2v) is 18.4. The van der Waals surface area contributed by atoms with Gasteiger partial charge in [0.15, 0.2) is 0 Å². The van der Waals surface area contributed by atoms with Crippen molar-refractivity contribution in [1.29, 1.82) is 0 Å². The van der Waals surface area contributed by atoms with Crippen LogP contribution in [0.2, 0.25) is 0 Å². The van der Waals surface area contributed by atoms with Crippen LogP contribution in [0.1, 0.15) is 342 Å². The smallest absolute Gasteiger partial charge is 0.303 e. The molecule has 0 aromatic heterocycles. The summed E-state index contributed by atoms with van der Waals surface area (Å²) in [4.78, 5) is 10.5. The Kier molecular flexibility index (Phi) is 58.1. The molecule has 2 nitrogen and oxygen atoms in total. The first-order chi connectivity index (χ1) is 27.7. The lowest BCUT2D eigenvalue weighted by atomic mass is 10.0. The highest BCUT2D eigenvalue weighted by Gasteiger charge is 1.99. The molecule has 1 N–H and O–H groups in total. The third-order valence-corrected chi connectivity index (χ3v) is 12.5. The van der Waals surface area contributed by atoms with E-state index in [4.69, 9.17) is 5.11 Å². The molecule has 0 saturated heterocycles. The molecule has 338 valence electrons. The summed E-state index contributed by atoms with van der Waals surface area (Å²) in [5.41, 5.74) is 0. The molecule has 0 fully saturated rings. The standard InChI is InChI=1S/C33H66O2.C21H44/c1-2-3-4-5-6-7-8-9-10-11-12-13-14-15-16-17-18-19-20-21-22-23-24-25-26-27-28-29-30-31-32-33(34)35;1-3-5-7-9-11-13-15-17-19-21-20-18-16-14-12-10-8-6-4-2/h2-32H2,1H3,(H,34,35);3-21H2,1-2H3. The van der Waals surface area contributed by atoms with Gasteiger partial charge in [-0.15, -0.1) is 0 Å². The Morgan fingerprint density at radius 2 is 0.321 bits per heavy atom. The van der Waals surface area contributed by atoms with Crippen LogP contribution in [-0.4, -0.2) is 11.1 Å². The summed E-state index contributed by atoms with van der Waals surface area (Å²) in [5.74, 6) is -0.648. The van der Waals surface area contributed by atoms with E-state index < -0.39 is 5.97 Å². The van der Waals surface area contributed by atoms with Gasteiger partial charge in [0.25, 0.3) is 0 Å². The van der Waals surface area contributed by atoms with Gasteiger partial charge in [-0.2, -0.15) is 0 Å². The van der Waals surface area contributed by atoms with Gasteiger partial charge < -0.3 is 5.11 Å². The van der Waals surface area contributed by atoms with Crippen LogP contribution in [0.4, 0.5) is 0 Å². The number of carboxylic acids is 1. The zero-order valence-corrected chi connectivity index (χ0v) is 39.7. The van der Waals surface area contributed by atoms with Gasteiger partial charge in [-0.1, -0.05) is 329 Å². The number of unbranched alkanes of at least 4 members (excludes halogenated alkanes) is 47. The predicted molar refractivity (Wildman–Crippen MR) is 256 cm³/mol. The van der Waals surface area contributed by atoms with Crippen LogP contribution >= 0.6 is 0 Å². The largest absolute Gasteiger partial charge is 0.481 e. The first-order valence-electron chi connectivity index (χ1n) is 26.9. The van der Waals surface area contributed by atoms with Crippen molar-refractivity contribution >= 4 is 5.97 Å². The molecule has 0 bridgehead atoms. The summed E-state index contributed by atoms with van der Waals surface area (Å²) in [6, 6.07) is 0. The molecular formula is C54H110O2. The number of hydrogen-bond acceptors (Lipinski definition) is 1. The Labute approximate surface area is 356 Å². The van der Waals surface area contributed by atoms with E-state index in [2.05, 4.69) is 20.8 Å².